The summed E-state index contributed by atoms with van der Waals surface area (Å²) < 4.78 is 0. The van der Waals surface area contributed by atoms with Crippen molar-refractivity contribution in [3.63, 3.8) is 0 Å². The first kappa shape index (κ1) is 15.1. The fourth-order valence-corrected chi connectivity index (χ4v) is 3.51. The third-order valence-corrected chi connectivity index (χ3v) is 4.82. The van der Waals surface area contributed by atoms with E-state index < -0.39 is 6.10 Å². The van der Waals surface area contributed by atoms with E-state index in [0.717, 1.165) is 35.0 Å². The molecule has 1 amide bonds. The van der Waals surface area contributed by atoms with E-state index in [2.05, 4.69) is 10.3 Å². The van der Waals surface area contributed by atoms with Gasteiger partial charge in [0, 0.05) is 23.1 Å². The quantitative estimate of drug-likeness (QED) is 0.795. The number of para-hydroxylation sites is 1. The SMILES string of the molecule is Cc1[nH]c2ccccc2c1CC(=O)NCC(O)C1CCCC1. The van der Waals surface area contributed by atoms with E-state index >= 15 is 0 Å². The van der Waals surface area contributed by atoms with E-state index in [9.17, 15) is 9.90 Å². The van der Waals surface area contributed by atoms with Crippen LogP contribution in [0.15, 0.2) is 24.3 Å². The van der Waals surface area contributed by atoms with Gasteiger partial charge in [-0.1, -0.05) is 31.0 Å². The second kappa shape index (κ2) is 6.53. The number of aromatic nitrogens is 1. The molecule has 0 bridgehead atoms. The van der Waals surface area contributed by atoms with E-state index in [4.69, 9.17) is 0 Å². The van der Waals surface area contributed by atoms with Crippen molar-refractivity contribution < 1.29 is 9.90 Å². The second-order valence-corrected chi connectivity index (χ2v) is 6.37. The fraction of sp³-hybridized carbons (Fsp3) is 0.500. The van der Waals surface area contributed by atoms with Crippen LogP contribution >= 0.6 is 0 Å². The lowest BCUT2D eigenvalue weighted by atomic mass is 10.0. The van der Waals surface area contributed by atoms with Crippen LogP contribution in [0.1, 0.15) is 36.9 Å². The molecule has 4 heteroatoms. The number of aryl methyl sites for hydroxylation is 1. The molecule has 1 heterocycles. The monoisotopic (exact) mass is 300 g/mol. The first-order valence-corrected chi connectivity index (χ1v) is 8.16. The number of aliphatic hydroxyl groups is 1. The van der Waals surface area contributed by atoms with Gasteiger partial charge in [0.15, 0.2) is 0 Å². The minimum absolute atomic E-state index is 0.0232. The van der Waals surface area contributed by atoms with Gasteiger partial charge < -0.3 is 15.4 Å². The summed E-state index contributed by atoms with van der Waals surface area (Å²) in [6, 6.07) is 8.03. The van der Waals surface area contributed by atoms with Gasteiger partial charge in [-0.2, -0.15) is 0 Å². The fourth-order valence-electron chi connectivity index (χ4n) is 3.51. The molecule has 0 radical (unpaired) electrons. The zero-order valence-electron chi connectivity index (χ0n) is 13.1. The number of carbonyl (C=O) groups is 1. The van der Waals surface area contributed by atoms with Gasteiger partial charge in [-0.15, -0.1) is 0 Å². The summed E-state index contributed by atoms with van der Waals surface area (Å²) >= 11 is 0. The maximum atomic E-state index is 12.2. The predicted molar refractivity (Wildman–Crippen MR) is 87.7 cm³/mol. The molecule has 1 atom stereocenters. The normalized spacial score (nSPS) is 17.0. The van der Waals surface area contributed by atoms with Crippen molar-refractivity contribution in [3.05, 3.63) is 35.5 Å². The smallest absolute Gasteiger partial charge is 0.224 e. The Morgan fingerprint density at radius 2 is 2.09 bits per heavy atom. The van der Waals surface area contributed by atoms with Crippen molar-refractivity contribution in [3.8, 4) is 0 Å². The average Bonchev–Trinajstić information content (AvgIpc) is 3.14. The lowest BCUT2D eigenvalue weighted by Crippen LogP contribution is -2.36. The number of benzene rings is 1. The van der Waals surface area contributed by atoms with Gasteiger partial charge in [-0.3, -0.25) is 4.79 Å². The van der Waals surface area contributed by atoms with E-state index in [1.54, 1.807) is 0 Å². The minimum atomic E-state index is -0.407. The van der Waals surface area contributed by atoms with Gasteiger partial charge in [-0.25, -0.2) is 0 Å². The van der Waals surface area contributed by atoms with Crippen molar-refractivity contribution in [1.29, 1.82) is 0 Å². The number of hydrogen-bond donors (Lipinski definition) is 3. The molecule has 0 saturated heterocycles. The predicted octanol–water partition coefficient (Wildman–Crippen LogP) is 2.69. The van der Waals surface area contributed by atoms with Gasteiger partial charge >= 0.3 is 0 Å². The highest BCUT2D eigenvalue weighted by molar-refractivity contribution is 5.90. The molecule has 1 fully saturated rings. The maximum Gasteiger partial charge on any atom is 0.224 e. The number of H-pyrrole nitrogens is 1. The molecule has 1 saturated carbocycles. The number of fused-ring (bicyclic) bond motifs is 1. The Kier molecular flexibility index (Phi) is 4.48. The highest BCUT2D eigenvalue weighted by atomic mass is 16.3. The highest BCUT2D eigenvalue weighted by Gasteiger charge is 2.23. The molecule has 1 aromatic carbocycles. The molecule has 1 unspecified atom stereocenters. The largest absolute Gasteiger partial charge is 0.391 e. The lowest BCUT2D eigenvalue weighted by molar-refractivity contribution is -0.121. The first-order valence-electron chi connectivity index (χ1n) is 8.16. The van der Waals surface area contributed by atoms with Crippen molar-refractivity contribution in [2.24, 2.45) is 5.92 Å². The first-order chi connectivity index (χ1) is 10.6. The molecule has 0 spiro atoms. The van der Waals surface area contributed by atoms with E-state index in [1.165, 1.54) is 12.8 Å². The van der Waals surface area contributed by atoms with Crippen LogP contribution in [0.5, 0.6) is 0 Å². The van der Waals surface area contributed by atoms with Crippen LogP contribution < -0.4 is 5.32 Å². The number of amides is 1. The Balaban J connectivity index is 1.60. The zero-order chi connectivity index (χ0) is 15.5. The van der Waals surface area contributed by atoms with Gasteiger partial charge in [0.2, 0.25) is 5.91 Å². The van der Waals surface area contributed by atoms with Crippen LogP contribution in [0.4, 0.5) is 0 Å². The van der Waals surface area contributed by atoms with E-state index in [0.29, 0.717) is 18.9 Å². The maximum absolute atomic E-state index is 12.2. The Bertz CT molecular complexity index is 656. The number of rotatable bonds is 5. The van der Waals surface area contributed by atoms with Crippen molar-refractivity contribution >= 4 is 16.8 Å². The molecule has 0 aliphatic heterocycles. The van der Waals surface area contributed by atoms with Gasteiger partial charge in [0.1, 0.15) is 0 Å². The third-order valence-electron chi connectivity index (χ3n) is 4.82. The Labute approximate surface area is 130 Å². The molecule has 1 aliphatic carbocycles. The summed E-state index contributed by atoms with van der Waals surface area (Å²) in [5.74, 6) is 0.333. The Morgan fingerprint density at radius 1 is 1.36 bits per heavy atom. The molecular formula is C18H24N2O2. The summed E-state index contributed by atoms with van der Waals surface area (Å²) in [5, 5.41) is 14.1. The van der Waals surface area contributed by atoms with E-state index in [-0.39, 0.29) is 5.91 Å². The zero-order valence-corrected chi connectivity index (χ0v) is 13.1. The Hall–Kier alpha value is -1.81. The standard InChI is InChI=1S/C18H24N2O2/c1-12-15(14-8-4-5-9-16(14)20-12)10-18(22)19-11-17(21)13-6-2-3-7-13/h4-5,8-9,13,17,20-21H,2-3,6-7,10-11H2,1H3,(H,19,22). The van der Waals surface area contributed by atoms with Crippen LogP contribution in [-0.2, 0) is 11.2 Å². The molecular weight excluding hydrogens is 276 g/mol. The van der Waals surface area contributed by atoms with Gasteiger partial charge in [-0.05, 0) is 37.3 Å². The minimum Gasteiger partial charge on any atom is -0.391 e. The number of nitrogens with one attached hydrogen (secondary N) is 2. The topological polar surface area (TPSA) is 65.1 Å². The molecule has 3 rings (SSSR count). The summed E-state index contributed by atoms with van der Waals surface area (Å²) in [4.78, 5) is 15.5. The second-order valence-electron chi connectivity index (χ2n) is 6.37. The summed E-state index contributed by atoms with van der Waals surface area (Å²) in [6.07, 6.45) is 4.51. The summed E-state index contributed by atoms with van der Waals surface area (Å²) in [7, 11) is 0. The van der Waals surface area contributed by atoms with Crippen LogP contribution in [0.25, 0.3) is 10.9 Å². The molecule has 1 aromatic heterocycles. The summed E-state index contributed by atoms with van der Waals surface area (Å²) in [6.45, 7) is 2.36. The number of carbonyl (C=O) groups excluding carboxylic acids is 1. The van der Waals surface area contributed by atoms with Crippen LogP contribution in [0.2, 0.25) is 0 Å². The molecule has 3 N–H and O–H groups in total. The Morgan fingerprint density at radius 3 is 2.86 bits per heavy atom. The van der Waals surface area contributed by atoms with Gasteiger partial charge in [0.25, 0.3) is 0 Å². The molecule has 1 aliphatic rings. The van der Waals surface area contributed by atoms with Crippen LogP contribution in [-0.4, -0.2) is 28.6 Å². The highest BCUT2D eigenvalue weighted by Crippen LogP contribution is 2.27. The molecule has 4 nitrogen and oxygen atoms in total. The number of aliphatic hydroxyl groups excluding tert-OH is 1. The van der Waals surface area contributed by atoms with Crippen molar-refractivity contribution in [1.82, 2.24) is 10.3 Å². The molecule has 118 valence electrons. The molecule has 22 heavy (non-hydrogen) atoms. The van der Waals surface area contributed by atoms with Crippen LogP contribution in [0, 0.1) is 12.8 Å². The number of aromatic amines is 1. The lowest BCUT2D eigenvalue weighted by Gasteiger charge is -2.18. The number of hydrogen-bond acceptors (Lipinski definition) is 2. The van der Waals surface area contributed by atoms with Crippen molar-refractivity contribution in [2.45, 2.75) is 45.1 Å². The van der Waals surface area contributed by atoms with E-state index in [1.807, 2.05) is 31.2 Å². The van der Waals surface area contributed by atoms with Crippen LogP contribution in [0.3, 0.4) is 0 Å². The molecule has 2 aromatic rings. The average molecular weight is 300 g/mol. The van der Waals surface area contributed by atoms with Gasteiger partial charge in [0.05, 0.1) is 12.5 Å². The summed E-state index contributed by atoms with van der Waals surface area (Å²) in [5.41, 5.74) is 3.14. The third kappa shape index (κ3) is 3.17. The van der Waals surface area contributed by atoms with Crippen molar-refractivity contribution in [2.75, 3.05) is 6.54 Å².